The van der Waals surface area contributed by atoms with Crippen molar-refractivity contribution in [3.63, 3.8) is 0 Å². The Morgan fingerprint density at radius 2 is 1.92 bits per heavy atom. The highest BCUT2D eigenvalue weighted by atomic mass is 16.7. The Balaban J connectivity index is 1.45. The summed E-state index contributed by atoms with van der Waals surface area (Å²) < 4.78 is 16.3. The van der Waals surface area contributed by atoms with Gasteiger partial charge in [-0.2, -0.15) is 0 Å². The van der Waals surface area contributed by atoms with E-state index in [0.29, 0.717) is 18.9 Å². The molecule has 0 bridgehead atoms. The van der Waals surface area contributed by atoms with Gasteiger partial charge in [0.05, 0.1) is 6.54 Å². The average molecular weight is 339 g/mol. The molecule has 0 aliphatic carbocycles. The van der Waals surface area contributed by atoms with Crippen molar-refractivity contribution in [3.8, 4) is 17.2 Å². The molecule has 1 N–H and O–H groups in total. The van der Waals surface area contributed by atoms with Gasteiger partial charge in [0, 0.05) is 6.08 Å². The smallest absolute Gasteiger partial charge is 0.244 e. The minimum absolute atomic E-state index is 0.164. The van der Waals surface area contributed by atoms with E-state index in [4.69, 9.17) is 14.2 Å². The summed E-state index contributed by atoms with van der Waals surface area (Å²) in [5.41, 5.74) is 3.06. The number of nitrogens with one attached hydrogen (secondary N) is 1. The number of hydrogen-bond acceptors (Lipinski definition) is 4. The van der Waals surface area contributed by atoms with Gasteiger partial charge in [-0.15, -0.1) is 0 Å². The number of para-hydroxylation sites is 1. The highest BCUT2D eigenvalue weighted by molar-refractivity contribution is 5.91. The van der Waals surface area contributed by atoms with Crippen LogP contribution in [0.15, 0.2) is 42.5 Å². The van der Waals surface area contributed by atoms with Crippen molar-refractivity contribution in [2.75, 3.05) is 19.9 Å². The van der Waals surface area contributed by atoms with Crippen LogP contribution >= 0.6 is 0 Å². The molecule has 1 heterocycles. The second-order valence-electron chi connectivity index (χ2n) is 5.81. The number of benzene rings is 2. The lowest BCUT2D eigenvalue weighted by atomic mass is 10.1. The van der Waals surface area contributed by atoms with E-state index in [1.807, 2.05) is 50.2 Å². The zero-order valence-corrected chi connectivity index (χ0v) is 14.4. The molecule has 1 aliphatic rings. The van der Waals surface area contributed by atoms with E-state index in [-0.39, 0.29) is 12.7 Å². The summed E-state index contributed by atoms with van der Waals surface area (Å²) >= 11 is 0. The maximum atomic E-state index is 11.9. The van der Waals surface area contributed by atoms with Crippen molar-refractivity contribution >= 4 is 12.0 Å². The number of amides is 1. The predicted molar refractivity (Wildman–Crippen MR) is 96.0 cm³/mol. The summed E-state index contributed by atoms with van der Waals surface area (Å²) in [6.45, 7) is 5.13. The van der Waals surface area contributed by atoms with Crippen molar-refractivity contribution in [1.82, 2.24) is 5.32 Å². The largest absolute Gasteiger partial charge is 0.491 e. The van der Waals surface area contributed by atoms with Crippen LogP contribution in [0.3, 0.4) is 0 Å². The van der Waals surface area contributed by atoms with Crippen LogP contribution in [0.4, 0.5) is 0 Å². The fourth-order valence-corrected chi connectivity index (χ4v) is 2.60. The summed E-state index contributed by atoms with van der Waals surface area (Å²) in [4.78, 5) is 11.9. The van der Waals surface area contributed by atoms with Gasteiger partial charge in [-0.1, -0.05) is 24.3 Å². The normalized spacial score (nSPS) is 12.4. The van der Waals surface area contributed by atoms with E-state index >= 15 is 0 Å². The molecular formula is C20H21NO4. The lowest BCUT2D eigenvalue weighted by Gasteiger charge is -2.11. The zero-order chi connectivity index (χ0) is 17.6. The van der Waals surface area contributed by atoms with E-state index in [9.17, 15) is 4.79 Å². The molecule has 0 radical (unpaired) electrons. The van der Waals surface area contributed by atoms with Crippen LogP contribution in [0.2, 0.25) is 0 Å². The van der Waals surface area contributed by atoms with Crippen molar-refractivity contribution in [2.45, 2.75) is 13.8 Å². The standard InChI is InChI=1S/C20H21NO4/c1-14-4-3-5-15(2)20(14)23-11-10-21-19(22)9-7-16-6-8-17-18(12-16)25-13-24-17/h3-9,12H,10-11,13H2,1-2H3,(H,21,22)/b9-7+. The second-order valence-corrected chi connectivity index (χ2v) is 5.81. The Bertz CT molecular complexity index is 778. The molecule has 5 heteroatoms. The van der Waals surface area contributed by atoms with Crippen LogP contribution < -0.4 is 19.5 Å². The quantitative estimate of drug-likeness (QED) is 0.648. The zero-order valence-electron chi connectivity index (χ0n) is 14.4. The molecule has 1 aliphatic heterocycles. The minimum Gasteiger partial charge on any atom is -0.491 e. The maximum absolute atomic E-state index is 11.9. The van der Waals surface area contributed by atoms with E-state index in [1.165, 1.54) is 6.08 Å². The Hall–Kier alpha value is -2.95. The molecule has 0 unspecified atom stereocenters. The van der Waals surface area contributed by atoms with Gasteiger partial charge >= 0.3 is 0 Å². The average Bonchev–Trinajstić information content (AvgIpc) is 3.06. The molecule has 0 spiro atoms. The van der Waals surface area contributed by atoms with E-state index in [2.05, 4.69) is 5.32 Å². The Morgan fingerprint density at radius 3 is 2.72 bits per heavy atom. The molecule has 2 aromatic rings. The number of carbonyl (C=O) groups is 1. The van der Waals surface area contributed by atoms with Crippen LogP contribution in [0, 0.1) is 13.8 Å². The fraction of sp³-hybridized carbons (Fsp3) is 0.250. The number of rotatable bonds is 6. The maximum Gasteiger partial charge on any atom is 0.244 e. The Kier molecular flexibility index (Phi) is 5.23. The highest BCUT2D eigenvalue weighted by Crippen LogP contribution is 2.32. The van der Waals surface area contributed by atoms with E-state index in [1.54, 1.807) is 6.08 Å². The van der Waals surface area contributed by atoms with Crippen LogP contribution in [0.5, 0.6) is 17.2 Å². The number of ether oxygens (including phenoxy) is 3. The van der Waals surface area contributed by atoms with Crippen molar-refractivity contribution in [3.05, 3.63) is 59.2 Å². The highest BCUT2D eigenvalue weighted by Gasteiger charge is 2.12. The van der Waals surface area contributed by atoms with Crippen molar-refractivity contribution in [1.29, 1.82) is 0 Å². The third-order valence-corrected chi connectivity index (χ3v) is 3.88. The summed E-state index contributed by atoms with van der Waals surface area (Å²) in [6.07, 6.45) is 3.24. The molecule has 3 rings (SSSR count). The first kappa shape index (κ1) is 16.9. The van der Waals surface area contributed by atoms with Crippen LogP contribution in [-0.2, 0) is 4.79 Å². The van der Waals surface area contributed by atoms with Gasteiger partial charge < -0.3 is 19.5 Å². The molecule has 0 fully saturated rings. The number of aryl methyl sites for hydroxylation is 2. The second kappa shape index (κ2) is 7.75. The van der Waals surface area contributed by atoms with Crippen molar-refractivity contribution < 1.29 is 19.0 Å². The van der Waals surface area contributed by atoms with Crippen molar-refractivity contribution in [2.24, 2.45) is 0 Å². The fourth-order valence-electron chi connectivity index (χ4n) is 2.60. The summed E-state index contributed by atoms with van der Waals surface area (Å²) in [7, 11) is 0. The molecule has 5 nitrogen and oxygen atoms in total. The number of fused-ring (bicyclic) bond motifs is 1. The minimum atomic E-state index is -0.164. The predicted octanol–water partition coefficient (Wildman–Crippen LogP) is 3.24. The monoisotopic (exact) mass is 339 g/mol. The molecule has 25 heavy (non-hydrogen) atoms. The van der Waals surface area contributed by atoms with Gasteiger partial charge in [0.2, 0.25) is 12.7 Å². The van der Waals surface area contributed by atoms with Gasteiger partial charge in [-0.3, -0.25) is 4.79 Å². The molecule has 0 atom stereocenters. The topological polar surface area (TPSA) is 56.8 Å². The third-order valence-electron chi connectivity index (χ3n) is 3.88. The van der Waals surface area contributed by atoms with Crippen LogP contribution in [0.1, 0.15) is 16.7 Å². The lowest BCUT2D eigenvalue weighted by Crippen LogP contribution is -2.26. The summed E-state index contributed by atoms with van der Waals surface area (Å²) in [6, 6.07) is 11.6. The first-order valence-electron chi connectivity index (χ1n) is 8.18. The number of carbonyl (C=O) groups excluding carboxylic acids is 1. The van der Waals surface area contributed by atoms with Gasteiger partial charge in [0.1, 0.15) is 12.4 Å². The first-order valence-corrected chi connectivity index (χ1v) is 8.18. The SMILES string of the molecule is Cc1cccc(C)c1OCCNC(=O)/C=C/c1ccc2c(c1)OCO2. The number of hydrogen-bond donors (Lipinski definition) is 1. The lowest BCUT2D eigenvalue weighted by molar-refractivity contribution is -0.116. The van der Waals surface area contributed by atoms with Crippen LogP contribution in [0.25, 0.3) is 6.08 Å². The van der Waals surface area contributed by atoms with E-state index in [0.717, 1.165) is 28.2 Å². The molecule has 1 amide bonds. The summed E-state index contributed by atoms with van der Waals surface area (Å²) in [5, 5.41) is 2.81. The molecule has 0 aromatic heterocycles. The van der Waals surface area contributed by atoms with Crippen LogP contribution in [-0.4, -0.2) is 25.9 Å². The van der Waals surface area contributed by atoms with E-state index < -0.39 is 0 Å². The van der Waals surface area contributed by atoms with Gasteiger partial charge in [-0.05, 0) is 48.7 Å². The molecule has 2 aromatic carbocycles. The van der Waals surface area contributed by atoms with Gasteiger partial charge in [0.25, 0.3) is 0 Å². The first-order chi connectivity index (χ1) is 12.1. The molecule has 0 saturated carbocycles. The Morgan fingerprint density at radius 1 is 1.16 bits per heavy atom. The molecular weight excluding hydrogens is 318 g/mol. The van der Waals surface area contributed by atoms with Gasteiger partial charge in [-0.25, -0.2) is 0 Å². The molecule has 0 saturated heterocycles. The Labute approximate surface area is 147 Å². The third kappa shape index (κ3) is 4.32. The van der Waals surface area contributed by atoms with Gasteiger partial charge in [0.15, 0.2) is 11.5 Å². The molecule has 130 valence electrons. The summed E-state index contributed by atoms with van der Waals surface area (Å²) in [5.74, 6) is 2.14.